The molecule has 100 valence electrons. The number of hydrogen-bond acceptors (Lipinski definition) is 2. The van der Waals surface area contributed by atoms with Crippen molar-refractivity contribution in [1.29, 1.82) is 5.26 Å². The third kappa shape index (κ3) is 3.19. The number of anilines is 1. The van der Waals surface area contributed by atoms with Crippen molar-refractivity contribution in [3.05, 3.63) is 62.6 Å². The Hall–Kier alpha value is -1.83. The number of nitrogens with zero attached hydrogens (tertiary/aromatic N) is 1. The number of carbonyl (C=O) groups is 1. The van der Waals surface area contributed by atoms with Gasteiger partial charge in [0.05, 0.1) is 17.3 Å². The van der Waals surface area contributed by atoms with Gasteiger partial charge in [0.1, 0.15) is 0 Å². The fourth-order valence-corrected chi connectivity index (χ4v) is 2.35. The number of hydrogen-bond donors (Lipinski definition) is 1. The zero-order valence-corrected chi connectivity index (χ0v) is 12.9. The first kappa shape index (κ1) is 14.6. The minimum absolute atomic E-state index is 0.255. The van der Waals surface area contributed by atoms with E-state index in [4.69, 9.17) is 16.9 Å². The second kappa shape index (κ2) is 6.08. The number of aryl methyl sites for hydroxylation is 1. The lowest BCUT2D eigenvalue weighted by atomic mass is 10.1. The Morgan fingerprint density at radius 3 is 2.55 bits per heavy atom. The molecule has 0 aliphatic rings. The molecule has 2 rings (SSSR count). The van der Waals surface area contributed by atoms with Crippen LogP contribution >= 0.6 is 27.5 Å². The Morgan fingerprint density at radius 2 is 1.95 bits per heavy atom. The summed E-state index contributed by atoms with van der Waals surface area (Å²) in [6.45, 7) is 1.89. The third-order valence-corrected chi connectivity index (χ3v) is 3.84. The molecule has 2 aromatic carbocycles. The molecule has 0 fully saturated rings. The number of halogens is 2. The van der Waals surface area contributed by atoms with Crippen LogP contribution in [0.4, 0.5) is 5.69 Å². The Balaban J connectivity index is 2.23. The van der Waals surface area contributed by atoms with Gasteiger partial charge in [0, 0.05) is 15.1 Å². The molecule has 0 aromatic heterocycles. The minimum atomic E-state index is -0.255. The first-order valence-corrected chi connectivity index (χ1v) is 6.95. The fraction of sp³-hybridized carbons (Fsp3) is 0.0667. The van der Waals surface area contributed by atoms with E-state index in [0.717, 1.165) is 10.0 Å². The Bertz CT molecular complexity index is 705. The smallest absolute Gasteiger partial charge is 0.255 e. The van der Waals surface area contributed by atoms with Crippen molar-refractivity contribution in [3.63, 3.8) is 0 Å². The van der Waals surface area contributed by atoms with Crippen molar-refractivity contribution in [2.24, 2.45) is 0 Å². The standard InChI is InChI=1S/C15H10BrClN2O/c1-9-6-12(16)14(7-13(9)17)19-15(20)11-4-2-10(8-18)3-5-11/h2-7H,1H3,(H,19,20). The summed E-state index contributed by atoms with van der Waals surface area (Å²) >= 11 is 9.44. The van der Waals surface area contributed by atoms with E-state index in [1.165, 1.54) is 0 Å². The summed E-state index contributed by atoms with van der Waals surface area (Å²) in [5, 5.41) is 12.1. The summed E-state index contributed by atoms with van der Waals surface area (Å²) in [6, 6.07) is 12.0. The molecule has 0 radical (unpaired) electrons. The largest absolute Gasteiger partial charge is 0.321 e. The van der Waals surface area contributed by atoms with Gasteiger partial charge in [-0.15, -0.1) is 0 Å². The van der Waals surface area contributed by atoms with Crippen LogP contribution in [-0.4, -0.2) is 5.91 Å². The molecule has 0 saturated heterocycles. The molecule has 3 nitrogen and oxygen atoms in total. The van der Waals surface area contributed by atoms with Crippen LogP contribution in [0.3, 0.4) is 0 Å². The highest BCUT2D eigenvalue weighted by atomic mass is 79.9. The summed E-state index contributed by atoms with van der Waals surface area (Å²) < 4.78 is 0.765. The minimum Gasteiger partial charge on any atom is -0.321 e. The van der Waals surface area contributed by atoms with Crippen molar-refractivity contribution >= 4 is 39.1 Å². The molecule has 0 aliphatic carbocycles. The molecule has 5 heteroatoms. The molecule has 2 aromatic rings. The highest BCUT2D eigenvalue weighted by Crippen LogP contribution is 2.29. The highest BCUT2D eigenvalue weighted by Gasteiger charge is 2.10. The molecule has 0 bridgehead atoms. The highest BCUT2D eigenvalue weighted by molar-refractivity contribution is 9.10. The van der Waals surface area contributed by atoms with E-state index >= 15 is 0 Å². The first-order valence-electron chi connectivity index (χ1n) is 5.78. The number of nitriles is 1. The summed E-state index contributed by atoms with van der Waals surface area (Å²) in [5.74, 6) is -0.255. The van der Waals surface area contributed by atoms with Gasteiger partial charge in [-0.3, -0.25) is 4.79 Å². The molecule has 0 heterocycles. The Labute approximate surface area is 130 Å². The maximum Gasteiger partial charge on any atom is 0.255 e. The molecule has 1 amide bonds. The number of rotatable bonds is 2. The van der Waals surface area contributed by atoms with Gasteiger partial charge >= 0.3 is 0 Å². The lowest BCUT2D eigenvalue weighted by Gasteiger charge is -2.09. The van der Waals surface area contributed by atoms with Crippen LogP contribution in [-0.2, 0) is 0 Å². The predicted molar refractivity (Wildman–Crippen MR) is 83.0 cm³/mol. The molecule has 0 unspecified atom stereocenters. The van der Waals surface area contributed by atoms with Crippen molar-refractivity contribution in [3.8, 4) is 6.07 Å². The zero-order chi connectivity index (χ0) is 14.7. The van der Waals surface area contributed by atoms with Crippen LogP contribution in [0.25, 0.3) is 0 Å². The third-order valence-electron chi connectivity index (χ3n) is 2.77. The molecule has 0 atom stereocenters. The van der Waals surface area contributed by atoms with E-state index in [0.29, 0.717) is 21.8 Å². The van der Waals surface area contributed by atoms with Crippen LogP contribution in [0.5, 0.6) is 0 Å². The van der Waals surface area contributed by atoms with Crippen LogP contribution in [0.15, 0.2) is 40.9 Å². The van der Waals surface area contributed by atoms with E-state index in [1.807, 2.05) is 19.1 Å². The van der Waals surface area contributed by atoms with Crippen molar-refractivity contribution in [2.45, 2.75) is 6.92 Å². The number of amides is 1. The summed E-state index contributed by atoms with van der Waals surface area (Å²) in [7, 11) is 0. The van der Waals surface area contributed by atoms with E-state index in [-0.39, 0.29) is 5.91 Å². The number of nitrogens with one attached hydrogen (secondary N) is 1. The van der Waals surface area contributed by atoms with Crippen LogP contribution in [0, 0.1) is 18.3 Å². The van der Waals surface area contributed by atoms with Gasteiger partial charge in [0.25, 0.3) is 5.91 Å². The lowest BCUT2D eigenvalue weighted by Crippen LogP contribution is -2.12. The van der Waals surface area contributed by atoms with E-state index in [2.05, 4.69) is 21.2 Å². The molecule has 0 aliphatic heterocycles. The molecule has 0 saturated carbocycles. The van der Waals surface area contributed by atoms with Gasteiger partial charge in [-0.1, -0.05) is 11.6 Å². The monoisotopic (exact) mass is 348 g/mol. The summed E-state index contributed by atoms with van der Waals surface area (Å²) in [4.78, 5) is 12.1. The van der Waals surface area contributed by atoms with Gasteiger partial charge in [-0.05, 0) is 64.8 Å². The summed E-state index contributed by atoms with van der Waals surface area (Å²) in [6.07, 6.45) is 0. The Morgan fingerprint density at radius 1 is 1.30 bits per heavy atom. The van der Waals surface area contributed by atoms with Crippen molar-refractivity contribution < 1.29 is 4.79 Å². The predicted octanol–water partition coefficient (Wildman–Crippen LogP) is 4.53. The quantitative estimate of drug-likeness (QED) is 0.865. The average Bonchev–Trinajstić information content (AvgIpc) is 2.44. The number of benzene rings is 2. The van der Waals surface area contributed by atoms with E-state index in [1.54, 1.807) is 30.3 Å². The zero-order valence-electron chi connectivity index (χ0n) is 10.6. The first-order chi connectivity index (χ1) is 9.51. The summed E-state index contributed by atoms with van der Waals surface area (Å²) in [5.41, 5.74) is 2.53. The van der Waals surface area contributed by atoms with Gasteiger partial charge in [0.15, 0.2) is 0 Å². The van der Waals surface area contributed by atoms with Crippen LogP contribution < -0.4 is 5.32 Å². The second-order valence-corrected chi connectivity index (χ2v) is 5.49. The fourth-order valence-electron chi connectivity index (χ4n) is 1.63. The normalized spacial score (nSPS) is 9.90. The van der Waals surface area contributed by atoms with E-state index in [9.17, 15) is 4.79 Å². The molecular formula is C15H10BrClN2O. The Kier molecular flexibility index (Phi) is 4.43. The number of carbonyl (C=O) groups excluding carboxylic acids is 1. The van der Waals surface area contributed by atoms with Crippen LogP contribution in [0.2, 0.25) is 5.02 Å². The lowest BCUT2D eigenvalue weighted by molar-refractivity contribution is 0.102. The van der Waals surface area contributed by atoms with Gasteiger partial charge in [-0.2, -0.15) is 5.26 Å². The maximum absolute atomic E-state index is 12.1. The molecular weight excluding hydrogens is 340 g/mol. The van der Waals surface area contributed by atoms with Gasteiger partial charge < -0.3 is 5.32 Å². The average molecular weight is 350 g/mol. The van der Waals surface area contributed by atoms with Gasteiger partial charge in [0.2, 0.25) is 0 Å². The molecule has 0 spiro atoms. The van der Waals surface area contributed by atoms with E-state index < -0.39 is 0 Å². The van der Waals surface area contributed by atoms with Gasteiger partial charge in [-0.25, -0.2) is 0 Å². The van der Waals surface area contributed by atoms with Crippen molar-refractivity contribution in [2.75, 3.05) is 5.32 Å². The maximum atomic E-state index is 12.1. The molecule has 20 heavy (non-hydrogen) atoms. The molecule has 1 N–H and O–H groups in total. The SMILES string of the molecule is Cc1cc(Br)c(NC(=O)c2ccc(C#N)cc2)cc1Cl. The van der Waals surface area contributed by atoms with Crippen LogP contribution in [0.1, 0.15) is 21.5 Å². The topological polar surface area (TPSA) is 52.9 Å². The second-order valence-electron chi connectivity index (χ2n) is 4.22. The van der Waals surface area contributed by atoms with Crippen molar-refractivity contribution in [1.82, 2.24) is 0 Å².